The van der Waals surface area contributed by atoms with Crippen LogP contribution in [0, 0.1) is 5.82 Å². The van der Waals surface area contributed by atoms with E-state index in [1.54, 1.807) is 20.8 Å². The van der Waals surface area contributed by atoms with E-state index < -0.39 is 47.2 Å². The van der Waals surface area contributed by atoms with Gasteiger partial charge in [0.25, 0.3) is 0 Å². The van der Waals surface area contributed by atoms with Gasteiger partial charge in [0.15, 0.2) is 5.69 Å². The molecule has 2 heterocycles. The van der Waals surface area contributed by atoms with Gasteiger partial charge in [-0.3, -0.25) is 4.90 Å². The second kappa shape index (κ2) is 8.95. The van der Waals surface area contributed by atoms with Gasteiger partial charge in [-0.1, -0.05) is 6.07 Å². The van der Waals surface area contributed by atoms with Gasteiger partial charge in [-0.05, 0) is 64.2 Å². The van der Waals surface area contributed by atoms with E-state index in [0.29, 0.717) is 11.9 Å². The summed E-state index contributed by atoms with van der Waals surface area (Å²) in [6.07, 6.45) is -9.17. The van der Waals surface area contributed by atoms with Crippen LogP contribution in [0.4, 0.5) is 35.5 Å². The number of carbonyl (C=O) groups excluding carboxylic acids is 1. The Labute approximate surface area is 203 Å². The summed E-state index contributed by atoms with van der Waals surface area (Å²) < 4.78 is 102. The fourth-order valence-electron chi connectivity index (χ4n) is 4.51. The third-order valence-corrected chi connectivity index (χ3v) is 6.18. The number of aryl methyl sites for hydroxylation is 1. The average molecular weight is 521 g/mol. The van der Waals surface area contributed by atoms with Crippen molar-refractivity contribution in [1.29, 1.82) is 0 Å². The van der Waals surface area contributed by atoms with Gasteiger partial charge in [0.05, 0.1) is 17.3 Å². The molecule has 1 unspecified atom stereocenters. The number of hydrogen-bond acceptors (Lipinski definition) is 3. The maximum atomic E-state index is 14.1. The number of carbonyl (C=O) groups is 1. The topological polar surface area (TPSA) is 47.4 Å². The molecule has 1 atom stereocenters. The third-order valence-electron chi connectivity index (χ3n) is 6.18. The van der Waals surface area contributed by atoms with Crippen molar-refractivity contribution < 1.29 is 40.3 Å². The summed E-state index contributed by atoms with van der Waals surface area (Å²) >= 11 is 0. The maximum Gasteiger partial charge on any atom is 0.435 e. The summed E-state index contributed by atoms with van der Waals surface area (Å²) in [5, 5.41) is 0. The Hall–Kier alpha value is -2.79. The minimum atomic E-state index is -4.87. The van der Waals surface area contributed by atoms with Gasteiger partial charge in [0, 0.05) is 19.0 Å². The zero-order chi connectivity index (χ0) is 26.6. The number of aromatic nitrogens is 2. The number of ether oxygens (including phenoxy) is 1. The van der Waals surface area contributed by atoms with Crippen molar-refractivity contribution in [1.82, 2.24) is 14.5 Å². The summed E-state index contributed by atoms with van der Waals surface area (Å²) in [7, 11) is 0. The molecule has 198 valence electrons. The lowest BCUT2D eigenvalue weighted by molar-refractivity contribution is -0.142. The molecule has 1 aromatic heterocycles. The predicted molar refractivity (Wildman–Crippen MR) is 115 cm³/mol. The fourth-order valence-corrected chi connectivity index (χ4v) is 4.51. The number of rotatable bonds is 4. The Balaban J connectivity index is 1.71. The van der Waals surface area contributed by atoms with Crippen LogP contribution in [0.2, 0.25) is 0 Å². The van der Waals surface area contributed by atoms with Crippen LogP contribution >= 0.6 is 0 Å². The second-order valence-corrected chi connectivity index (χ2v) is 10.2. The number of imidazole rings is 1. The van der Waals surface area contributed by atoms with Crippen molar-refractivity contribution in [3.05, 3.63) is 52.4 Å². The second-order valence-electron chi connectivity index (χ2n) is 10.2. The van der Waals surface area contributed by atoms with Crippen LogP contribution in [-0.4, -0.2) is 32.7 Å². The number of halogens is 7. The molecule has 12 heteroatoms. The molecule has 5 nitrogen and oxygen atoms in total. The van der Waals surface area contributed by atoms with E-state index in [4.69, 9.17) is 4.74 Å². The molecule has 0 N–H and O–H groups in total. The zero-order valence-corrected chi connectivity index (χ0v) is 19.9. The van der Waals surface area contributed by atoms with Gasteiger partial charge in [-0.25, -0.2) is 14.2 Å². The molecule has 2 aliphatic rings. The highest BCUT2D eigenvalue weighted by Gasteiger charge is 2.47. The molecule has 2 aromatic rings. The van der Waals surface area contributed by atoms with Crippen molar-refractivity contribution >= 4 is 6.09 Å². The first-order valence-corrected chi connectivity index (χ1v) is 11.6. The van der Waals surface area contributed by atoms with E-state index in [1.807, 2.05) is 0 Å². The number of benzene rings is 1. The Morgan fingerprint density at radius 1 is 1.06 bits per heavy atom. The van der Waals surface area contributed by atoms with Gasteiger partial charge in [0.2, 0.25) is 0 Å². The van der Waals surface area contributed by atoms with Crippen molar-refractivity contribution in [3.8, 4) is 0 Å². The largest absolute Gasteiger partial charge is 0.444 e. The quantitative estimate of drug-likeness (QED) is 0.413. The van der Waals surface area contributed by atoms with Gasteiger partial charge >= 0.3 is 18.4 Å². The number of fused-ring (bicyclic) bond motifs is 1. The van der Waals surface area contributed by atoms with Crippen LogP contribution in [0.3, 0.4) is 0 Å². The predicted octanol–water partition coefficient (Wildman–Crippen LogP) is 6.86. The fraction of sp³-hybridized carbons (Fsp3) is 0.583. The summed E-state index contributed by atoms with van der Waals surface area (Å²) in [5.41, 5.74) is -3.42. The lowest BCUT2D eigenvalue weighted by Gasteiger charge is -2.38. The van der Waals surface area contributed by atoms with Crippen LogP contribution in [0.25, 0.3) is 0 Å². The lowest BCUT2D eigenvalue weighted by atomic mass is 9.97. The highest BCUT2D eigenvalue weighted by molar-refractivity contribution is 5.69. The van der Waals surface area contributed by atoms with E-state index in [-0.39, 0.29) is 43.1 Å². The van der Waals surface area contributed by atoms with E-state index in [0.717, 1.165) is 25.0 Å². The minimum absolute atomic E-state index is 0.0692. The number of nitrogens with zero attached hydrogens (tertiary/aromatic N) is 3. The molecule has 1 saturated carbocycles. The molecule has 0 bridgehead atoms. The molecule has 4 rings (SSSR count). The summed E-state index contributed by atoms with van der Waals surface area (Å²) in [4.78, 5) is 18.1. The summed E-state index contributed by atoms with van der Waals surface area (Å²) in [6, 6.07) is 1.30. The molecular weight excluding hydrogens is 495 g/mol. The molecule has 1 aromatic carbocycles. The van der Waals surface area contributed by atoms with Gasteiger partial charge in [-0.15, -0.1) is 0 Å². The van der Waals surface area contributed by atoms with Crippen LogP contribution in [0.5, 0.6) is 0 Å². The standard InChI is InChI=1S/C24H26F7N3O2/c1-22(2,3)36-21(35)33-10-11-34-18(19(24(29,30)31)32-20(34)14-6-7-14)17(33)9-5-13-4-8-15(16(25)12-13)23(26,27)28/h4,8,12,14,17H,5-7,9-11H2,1-3H3. The van der Waals surface area contributed by atoms with Crippen LogP contribution < -0.4 is 0 Å². The Morgan fingerprint density at radius 2 is 1.72 bits per heavy atom. The van der Waals surface area contributed by atoms with Gasteiger partial charge in [0.1, 0.15) is 17.2 Å². The molecule has 1 aliphatic carbocycles. The lowest BCUT2D eigenvalue weighted by Crippen LogP contribution is -2.45. The first kappa shape index (κ1) is 26.3. The van der Waals surface area contributed by atoms with Crippen molar-refractivity contribution in [2.75, 3.05) is 6.54 Å². The Morgan fingerprint density at radius 3 is 2.25 bits per heavy atom. The Kier molecular flexibility index (Phi) is 6.53. The smallest absolute Gasteiger partial charge is 0.435 e. The molecule has 1 amide bonds. The molecule has 0 saturated heterocycles. The van der Waals surface area contributed by atoms with Crippen molar-refractivity contribution in [3.63, 3.8) is 0 Å². The monoisotopic (exact) mass is 521 g/mol. The average Bonchev–Trinajstić information content (AvgIpc) is 3.48. The summed E-state index contributed by atoms with van der Waals surface area (Å²) in [5.74, 6) is -1.23. The van der Waals surface area contributed by atoms with E-state index in [9.17, 15) is 35.5 Å². The van der Waals surface area contributed by atoms with Crippen molar-refractivity contribution in [2.24, 2.45) is 0 Å². The maximum absolute atomic E-state index is 14.1. The van der Waals surface area contributed by atoms with Crippen LogP contribution in [0.15, 0.2) is 18.2 Å². The molecule has 0 spiro atoms. The first-order valence-electron chi connectivity index (χ1n) is 11.6. The van der Waals surface area contributed by atoms with Crippen LogP contribution in [0.1, 0.15) is 80.3 Å². The SMILES string of the molecule is CC(C)(C)OC(=O)N1CCn2c(C3CC3)nc(C(F)(F)F)c2C1CCc1ccc(C(F)(F)F)c(F)c1. The third kappa shape index (κ3) is 5.46. The van der Waals surface area contributed by atoms with Crippen molar-refractivity contribution in [2.45, 2.75) is 82.9 Å². The number of alkyl halides is 6. The van der Waals surface area contributed by atoms with E-state index >= 15 is 0 Å². The molecule has 0 radical (unpaired) electrons. The molecular formula is C24H26F7N3O2. The zero-order valence-electron chi connectivity index (χ0n) is 19.9. The summed E-state index contributed by atoms with van der Waals surface area (Å²) in [6.45, 7) is 5.07. The Bertz CT molecular complexity index is 1140. The highest BCUT2D eigenvalue weighted by Crippen LogP contribution is 2.46. The number of amides is 1. The van der Waals surface area contributed by atoms with Gasteiger partial charge < -0.3 is 9.30 Å². The first-order chi connectivity index (χ1) is 16.6. The molecule has 1 aliphatic heterocycles. The highest BCUT2D eigenvalue weighted by atomic mass is 19.4. The van der Waals surface area contributed by atoms with E-state index in [2.05, 4.69) is 4.98 Å². The number of hydrogen-bond donors (Lipinski definition) is 0. The normalized spacial score (nSPS) is 18.8. The minimum Gasteiger partial charge on any atom is -0.444 e. The van der Waals surface area contributed by atoms with Gasteiger partial charge in [-0.2, -0.15) is 26.3 Å². The van der Waals surface area contributed by atoms with E-state index in [1.165, 1.54) is 9.47 Å². The molecule has 36 heavy (non-hydrogen) atoms. The van der Waals surface area contributed by atoms with Crippen LogP contribution in [-0.2, 0) is 30.1 Å². The molecule has 1 fully saturated rings.